The summed E-state index contributed by atoms with van der Waals surface area (Å²) < 4.78 is 18.5. The van der Waals surface area contributed by atoms with Crippen molar-refractivity contribution < 1.29 is 13.9 Å². The van der Waals surface area contributed by atoms with E-state index in [4.69, 9.17) is 4.74 Å². The number of anilines is 1. The third kappa shape index (κ3) is 4.61. The zero-order valence-corrected chi connectivity index (χ0v) is 18.8. The molecule has 1 amide bonds. The van der Waals surface area contributed by atoms with Crippen molar-refractivity contribution in [2.24, 2.45) is 0 Å². The van der Waals surface area contributed by atoms with E-state index in [9.17, 15) is 9.18 Å². The van der Waals surface area contributed by atoms with Crippen LogP contribution in [0, 0.1) is 5.82 Å². The maximum atomic E-state index is 13.0. The van der Waals surface area contributed by atoms with E-state index in [0.717, 1.165) is 27.6 Å². The SMILES string of the molecule is O=C(COc1ccc(Sc2ncnc3sc4c(c23)CCCC4)cc1)Nc1ccc(F)cc1. The van der Waals surface area contributed by atoms with E-state index < -0.39 is 0 Å². The molecular formula is C24H20FN3O2S2. The topological polar surface area (TPSA) is 64.1 Å². The van der Waals surface area contributed by atoms with Crippen LogP contribution in [0.5, 0.6) is 5.75 Å². The average molecular weight is 466 g/mol. The number of halogens is 1. The summed E-state index contributed by atoms with van der Waals surface area (Å²) in [7, 11) is 0. The zero-order chi connectivity index (χ0) is 21.9. The Labute approximate surface area is 193 Å². The minimum Gasteiger partial charge on any atom is -0.484 e. The predicted octanol–water partition coefficient (Wildman–Crippen LogP) is 5.88. The molecule has 2 aromatic heterocycles. The minimum atomic E-state index is -0.348. The molecule has 1 N–H and O–H groups in total. The van der Waals surface area contributed by atoms with Crippen molar-refractivity contribution in [3.05, 3.63) is 71.1 Å². The Morgan fingerprint density at radius 3 is 2.66 bits per heavy atom. The molecule has 0 saturated carbocycles. The van der Waals surface area contributed by atoms with Gasteiger partial charge >= 0.3 is 0 Å². The van der Waals surface area contributed by atoms with Gasteiger partial charge in [0.25, 0.3) is 5.91 Å². The van der Waals surface area contributed by atoms with Gasteiger partial charge in [0.05, 0.1) is 0 Å². The van der Waals surface area contributed by atoms with Crippen molar-refractivity contribution in [2.75, 3.05) is 11.9 Å². The average Bonchev–Trinajstić information content (AvgIpc) is 3.20. The first-order valence-corrected chi connectivity index (χ1v) is 12.0. The summed E-state index contributed by atoms with van der Waals surface area (Å²) in [5.74, 6) is -0.0520. The molecule has 5 rings (SSSR count). The Morgan fingerprint density at radius 1 is 1.06 bits per heavy atom. The molecule has 2 heterocycles. The maximum absolute atomic E-state index is 13.0. The van der Waals surface area contributed by atoms with Gasteiger partial charge in [-0.3, -0.25) is 4.79 Å². The van der Waals surface area contributed by atoms with Crippen LogP contribution in [0.2, 0.25) is 0 Å². The summed E-state index contributed by atoms with van der Waals surface area (Å²) in [5, 5.41) is 4.87. The Bertz CT molecular complexity index is 1260. The lowest BCUT2D eigenvalue weighted by Gasteiger charge is -2.11. The normalized spacial score (nSPS) is 13.0. The molecule has 4 aromatic rings. The maximum Gasteiger partial charge on any atom is 0.262 e. The lowest BCUT2D eigenvalue weighted by molar-refractivity contribution is -0.118. The van der Waals surface area contributed by atoms with E-state index in [0.29, 0.717) is 11.4 Å². The summed E-state index contributed by atoms with van der Waals surface area (Å²) in [6.07, 6.45) is 6.35. The molecule has 0 atom stereocenters. The quantitative estimate of drug-likeness (QED) is 0.360. The summed E-state index contributed by atoms with van der Waals surface area (Å²) in [5.41, 5.74) is 1.95. The Hall–Kier alpha value is -2.97. The van der Waals surface area contributed by atoms with Crippen LogP contribution in [0.4, 0.5) is 10.1 Å². The number of ether oxygens (including phenoxy) is 1. The monoisotopic (exact) mass is 465 g/mol. The van der Waals surface area contributed by atoms with Gasteiger partial charge < -0.3 is 10.1 Å². The number of aryl methyl sites for hydroxylation is 2. The van der Waals surface area contributed by atoms with Crippen LogP contribution in [-0.2, 0) is 17.6 Å². The molecule has 8 heteroatoms. The largest absolute Gasteiger partial charge is 0.484 e. The molecule has 0 radical (unpaired) electrons. The van der Waals surface area contributed by atoms with E-state index in [1.165, 1.54) is 52.9 Å². The fourth-order valence-corrected chi connectivity index (χ4v) is 5.94. The molecule has 1 aliphatic rings. The molecule has 0 spiro atoms. The van der Waals surface area contributed by atoms with E-state index in [1.807, 2.05) is 24.3 Å². The van der Waals surface area contributed by atoms with Crippen LogP contribution in [-0.4, -0.2) is 22.5 Å². The number of benzene rings is 2. The molecular weight excluding hydrogens is 445 g/mol. The second kappa shape index (κ2) is 9.26. The molecule has 0 saturated heterocycles. The number of hydrogen-bond acceptors (Lipinski definition) is 6. The smallest absolute Gasteiger partial charge is 0.262 e. The van der Waals surface area contributed by atoms with Gasteiger partial charge in [0.1, 0.15) is 27.8 Å². The molecule has 2 aromatic carbocycles. The van der Waals surface area contributed by atoms with Crippen LogP contribution in [0.25, 0.3) is 10.2 Å². The molecule has 0 fully saturated rings. The van der Waals surface area contributed by atoms with Gasteiger partial charge in [-0.2, -0.15) is 0 Å². The van der Waals surface area contributed by atoms with Crippen molar-refractivity contribution >= 4 is 44.9 Å². The number of carbonyl (C=O) groups is 1. The minimum absolute atomic E-state index is 0.128. The van der Waals surface area contributed by atoms with Crippen molar-refractivity contribution in [3.63, 3.8) is 0 Å². The van der Waals surface area contributed by atoms with Gasteiger partial charge in [-0.15, -0.1) is 11.3 Å². The molecule has 0 bridgehead atoms. The van der Waals surface area contributed by atoms with Gasteiger partial charge in [-0.1, -0.05) is 11.8 Å². The highest BCUT2D eigenvalue weighted by Gasteiger charge is 2.20. The lowest BCUT2D eigenvalue weighted by atomic mass is 9.97. The number of carbonyl (C=O) groups excluding carboxylic acids is 1. The Kier molecular flexibility index (Phi) is 6.05. The number of thiophene rings is 1. The van der Waals surface area contributed by atoms with Crippen LogP contribution in [0.1, 0.15) is 23.3 Å². The second-order valence-corrected chi connectivity index (χ2v) is 9.63. The van der Waals surface area contributed by atoms with Gasteiger partial charge in [0.2, 0.25) is 0 Å². The Balaban J connectivity index is 1.23. The van der Waals surface area contributed by atoms with Crippen molar-refractivity contribution in [1.82, 2.24) is 9.97 Å². The fourth-order valence-electron chi connectivity index (χ4n) is 3.73. The highest BCUT2D eigenvalue weighted by molar-refractivity contribution is 7.99. The first-order chi connectivity index (χ1) is 15.7. The van der Waals surface area contributed by atoms with Crippen LogP contribution >= 0.6 is 23.1 Å². The van der Waals surface area contributed by atoms with Gasteiger partial charge in [-0.05, 0) is 79.8 Å². The Morgan fingerprint density at radius 2 is 1.84 bits per heavy atom. The lowest BCUT2D eigenvalue weighted by Crippen LogP contribution is -2.20. The summed E-state index contributed by atoms with van der Waals surface area (Å²) in [6.45, 7) is -0.128. The predicted molar refractivity (Wildman–Crippen MR) is 125 cm³/mol. The van der Waals surface area contributed by atoms with Crippen molar-refractivity contribution in [2.45, 2.75) is 35.6 Å². The van der Waals surface area contributed by atoms with Crippen LogP contribution in [0.3, 0.4) is 0 Å². The second-order valence-electron chi connectivity index (χ2n) is 7.49. The van der Waals surface area contributed by atoms with Crippen molar-refractivity contribution in [1.29, 1.82) is 0 Å². The number of rotatable bonds is 6. The molecule has 5 nitrogen and oxygen atoms in total. The summed E-state index contributed by atoms with van der Waals surface area (Å²) in [4.78, 5) is 24.7. The molecule has 0 unspecified atom stereocenters. The highest BCUT2D eigenvalue weighted by atomic mass is 32.2. The molecule has 32 heavy (non-hydrogen) atoms. The van der Waals surface area contributed by atoms with Gasteiger partial charge in [0.15, 0.2) is 6.61 Å². The number of amides is 1. The molecule has 1 aliphatic carbocycles. The fraction of sp³-hybridized carbons (Fsp3) is 0.208. The third-order valence-corrected chi connectivity index (χ3v) is 7.46. The van der Waals surface area contributed by atoms with E-state index in [2.05, 4.69) is 15.3 Å². The molecule has 162 valence electrons. The van der Waals surface area contributed by atoms with Crippen LogP contribution in [0.15, 0.2) is 64.8 Å². The first-order valence-electron chi connectivity index (χ1n) is 10.4. The summed E-state index contributed by atoms with van der Waals surface area (Å²) in [6, 6.07) is 13.2. The van der Waals surface area contributed by atoms with E-state index >= 15 is 0 Å². The van der Waals surface area contributed by atoms with E-state index in [-0.39, 0.29) is 18.3 Å². The highest BCUT2D eigenvalue weighted by Crippen LogP contribution is 2.41. The zero-order valence-electron chi connectivity index (χ0n) is 17.1. The number of nitrogens with one attached hydrogen (secondary N) is 1. The first kappa shape index (κ1) is 20.9. The van der Waals surface area contributed by atoms with Crippen molar-refractivity contribution in [3.8, 4) is 5.75 Å². The number of fused-ring (bicyclic) bond motifs is 3. The van der Waals surface area contributed by atoms with Gasteiger partial charge in [-0.25, -0.2) is 14.4 Å². The van der Waals surface area contributed by atoms with Crippen LogP contribution < -0.4 is 10.1 Å². The molecule has 0 aliphatic heterocycles. The summed E-state index contributed by atoms with van der Waals surface area (Å²) >= 11 is 3.42. The number of aromatic nitrogens is 2. The third-order valence-electron chi connectivity index (χ3n) is 5.25. The standard InChI is InChI=1S/C24H20FN3O2S2/c25-15-5-7-16(8-6-15)28-21(29)13-30-17-9-11-18(12-10-17)31-23-22-19-3-1-2-4-20(19)32-24(22)27-14-26-23/h5-12,14H,1-4,13H2,(H,28,29). The number of nitrogens with zero attached hydrogens (tertiary/aromatic N) is 2. The van der Waals surface area contributed by atoms with Gasteiger partial charge in [0, 0.05) is 20.8 Å². The number of hydrogen-bond donors (Lipinski definition) is 1. The van der Waals surface area contributed by atoms with E-state index in [1.54, 1.807) is 29.4 Å².